The third kappa shape index (κ3) is 2.35. The van der Waals surface area contributed by atoms with Gasteiger partial charge in [0.1, 0.15) is 6.04 Å². The predicted molar refractivity (Wildman–Crippen MR) is 88.0 cm³/mol. The number of nitrogens with one attached hydrogen (secondary N) is 1. The van der Waals surface area contributed by atoms with E-state index in [1.165, 1.54) is 0 Å². The molecule has 0 radical (unpaired) electrons. The van der Waals surface area contributed by atoms with Gasteiger partial charge in [0.2, 0.25) is 17.7 Å². The molecule has 3 aliphatic heterocycles. The molecule has 0 saturated carbocycles. The van der Waals surface area contributed by atoms with Gasteiger partial charge in [0.15, 0.2) is 0 Å². The first kappa shape index (κ1) is 16.2. The van der Waals surface area contributed by atoms with Crippen LogP contribution < -0.4 is 16.0 Å². The number of nitrogens with two attached hydrogens (primary N) is 1. The lowest BCUT2D eigenvalue weighted by Gasteiger charge is -2.39. The van der Waals surface area contributed by atoms with Crippen molar-refractivity contribution in [1.82, 2.24) is 10.2 Å². The van der Waals surface area contributed by atoms with Gasteiger partial charge in [-0.1, -0.05) is 0 Å². The summed E-state index contributed by atoms with van der Waals surface area (Å²) in [5.41, 5.74) is 6.43. The molecule has 1 unspecified atom stereocenters. The van der Waals surface area contributed by atoms with Crippen LogP contribution in [-0.2, 0) is 14.4 Å². The van der Waals surface area contributed by atoms with Crippen LogP contribution in [0.1, 0.15) is 33.6 Å². The van der Waals surface area contributed by atoms with Gasteiger partial charge in [-0.3, -0.25) is 34.2 Å². The fourth-order valence-corrected chi connectivity index (χ4v) is 3.53. The summed E-state index contributed by atoms with van der Waals surface area (Å²) in [5.74, 6) is -2.72. The van der Waals surface area contributed by atoms with Crippen LogP contribution in [0.5, 0.6) is 0 Å². The molecule has 1 atom stereocenters. The van der Waals surface area contributed by atoms with Crippen LogP contribution in [0.15, 0.2) is 18.2 Å². The average molecular weight is 356 g/mol. The van der Waals surface area contributed by atoms with Gasteiger partial charge in [-0.15, -0.1) is 0 Å². The number of hydrogen-bond donors (Lipinski definition) is 2. The van der Waals surface area contributed by atoms with E-state index in [1.807, 2.05) is 4.90 Å². The van der Waals surface area contributed by atoms with E-state index in [9.17, 15) is 24.0 Å². The quantitative estimate of drug-likeness (QED) is 0.669. The Morgan fingerprint density at radius 2 is 1.77 bits per heavy atom. The van der Waals surface area contributed by atoms with Crippen LogP contribution in [0.3, 0.4) is 0 Å². The number of carbonyl (C=O) groups excluding carboxylic acids is 5. The minimum atomic E-state index is -0.980. The van der Waals surface area contributed by atoms with Crippen LogP contribution in [0.2, 0.25) is 0 Å². The van der Waals surface area contributed by atoms with Crippen molar-refractivity contribution < 1.29 is 24.0 Å². The third-order valence-corrected chi connectivity index (χ3v) is 5.07. The van der Waals surface area contributed by atoms with Crippen molar-refractivity contribution in [2.75, 3.05) is 18.0 Å². The molecule has 26 heavy (non-hydrogen) atoms. The fraction of sp³-hybridized carbons (Fsp3) is 0.353. The van der Waals surface area contributed by atoms with Gasteiger partial charge < -0.3 is 10.6 Å². The van der Waals surface area contributed by atoms with Crippen molar-refractivity contribution in [2.45, 2.75) is 18.9 Å². The second-order valence-electron chi connectivity index (χ2n) is 6.68. The monoisotopic (exact) mass is 356 g/mol. The molecule has 2 saturated heterocycles. The fourth-order valence-electron chi connectivity index (χ4n) is 3.53. The Balaban J connectivity index is 1.58. The molecule has 3 aliphatic rings. The van der Waals surface area contributed by atoms with Crippen LogP contribution >= 0.6 is 0 Å². The minimum Gasteiger partial charge on any atom is -0.370 e. The van der Waals surface area contributed by atoms with Gasteiger partial charge in [-0.25, -0.2) is 0 Å². The summed E-state index contributed by atoms with van der Waals surface area (Å²) in [7, 11) is 0. The topological polar surface area (TPSA) is 130 Å². The molecule has 0 aliphatic carbocycles. The largest absolute Gasteiger partial charge is 0.370 e. The summed E-state index contributed by atoms with van der Waals surface area (Å²) in [4.78, 5) is 62.6. The van der Waals surface area contributed by atoms with Crippen molar-refractivity contribution in [2.24, 2.45) is 11.7 Å². The maximum atomic E-state index is 12.7. The molecule has 9 heteroatoms. The Morgan fingerprint density at radius 1 is 1.08 bits per heavy atom. The first-order chi connectivity index (χ1) is 12.4. The summed E-state index contributed by atoms with van der Waals surface area (Å²) in [6, 6.07) is 3.87. The maximum Gasteiger partial charge on any atom is 0.262 e. The molecule has 1 aromatic rings. The maximum absolute atomic E-state index is 12.7. The number of carbonyl (C=O) groups is 5. The zero-order chi connectivity index (χ0) is 18.6. The van der Waals surface area contributed by atoms with Crippen molar-refractivity contribution >= 4 is 35.2 Å². The van der Waals surface area contributed by atoms with Crippen LogP contribution in [0, 0.1) is 5.92 Å². The minimum absolute atomic E-state index is 0.0807. The van der Waals surface area contributed by atoms with Crippen molar-refractivity contribution in [3.8, 4) is 0 Å². The number of hydrogen-bond acceptors (Lipinski definition) is 6. The summed E-state index contributed by atoms with van der Waals surface area (Å²) < 4.78 is 0. The Bertz CT molecular complexity index is 874. The summed E-state index contributed by atoms with van der Waals surface area (Å²) in [6.07, 6.45) is 0.201. The standard InChI is InChI=1S/C17H16N4O5/c18-14(23)8-6-20(7-8)9-1-2-10-11(5-9)17(26)21(16(10)25)12-3-4-13(22)19-15(12)24/h1-2,5,8,12H,3-4,6-7H2,(H2,18,23)(H,19,22,24). The number of piperidine rings is 1. The second kappa shape index (κ2) is 5.65. The Labute approximate surface area is 148 Å². The molecule has 1 aromatic carbocycles. The molecule has 134 valence electrons. The molecule has 0 spiro atoms. The zero-order valence-corrected chi connectivity index (χ0v) is 13.7. The number of imide groups is 2. The summed E-state index contributed by atoms with van der Waals surface area (Å²) in [6.45, 7) is 0.931. The van der Waals surface area contributed by atoms with Gasteiger partial charge in [0.05, 0.1) is 17.0 Å². The lowest BCUT2D eigenvalue weighted by Crippen LogP contribution is -2.54. The van der Waals surface area contributed by atoms with E-state index >= 15 is 0 Å². The van der Waals surface area contributed by atoms with Crippen LogP contribution in [0.4, 0.5) is 5.69 Å². The number of fused-ring (bicyclic) bond motifs is 1. The highest BCUT2D eigenvalue weighted by Crippen LogP contribution is 2.32. The highest BCUT2D eigenvalue weighted by Gasteiger charge is 2.45. The Hall–Kier alpha value is -3.23. The van der Waals surface area contributed by atoms with Crippen molar-refractivity contribution in [3.05, 3.63) is 29.3 Å². The first-order valence-corrected chi connectivity index (χ1v) is 8.26. The number of rotatable bonds is 3. The number of benzene rings is 1. The van der Waals surface area contributed by atoms with E-state index in [4.69, 9.17) is 5.73 Å². The molecular formula is C17H16N4O5. The molecular weight excluding hydrogens is 340 g/mol. The molecule has 0 aromatic heterocycles. The average Bonchev–Trinajstić information content (AvgIpc) is 2.78. The smallest absolute Gasteiger partial charge is 0.262 e. The third-order valence-electron chi connectivity index (χ3n) is 5.07. The van der Waals surface area contributed by atoms with Crippen LogP contribution in [0.25, 0.3) is 0 Å². The lowest BCUT2D eigenvalue weighted by atomic mass is 9.97. The number of amides is 5. The van der Waals surface area contributed by atoms with E-state index < -0.39 is 29.7 Å². The van der Waals surface area contributed by atoms with E-state index in [0.29, 0.717) is 18.8 Å². The van der Waals surface area contributed by atoms with E-state index in [2.05, 4.69) is 5.32 Å². The molecule has 2 fully saturated rings. The number of anilines is 1. The lowest BCUT2D eigenvalue weighted by molar-refractivity contribution is -0.136. The van der Waals surface area contributed by atoms with Gasteiger partial charge in [0.25, 0.3) is 11.8 Å². The first-order valence-electron chi connectivity index (χ1n) is 8.26. The summed E-state index contributed by atoms with van der Waals surface area (Å²) in [5, 5.41) is 2.16. The van der Waals surface area contributed by atoms with Crippen molar-refractivity contribution in [3.63, 3.8) is 0 Å². The highest BCUT2D eigenvalue weighted by molar-refractivity contribution is 6.23. The highest BCUT2D eigenvalue weighted by atomic mass is 16.2. The van der Waals surface area contributed by atoms with Crippen molar-refractivity contribution in [1.29, 1.82) is 0 Å². The molecule has 9 nitrogen and oxygen atoms in total. The SMILES string of the molecule is NC(=O)C1CN(c2ccc3c(c2)C(=O)N(C2CCC(=O)NC2=O)C3=O)C1. The Morgan fingerprint density at radius 3 is 2.42 bits per heavy atom. The summed E-state index contributed by atoms with van der Waals surface area (Å²) >= 11 is 0. The second-order valence-corrected chi connectivity index (χ2v) is 6.68. The molecule has 3 heterocycles. The number of primary amides is 1. The molecule has 5 amide bonds. The van der Waals surface area contributed by atoms with Crippen LogP contribution in [-0.4, -0.2) is 53.6 Å². The van der Waals surface area contributed by atoms with E-state index in [1.54, 1.807) is 18.2 Å². The van der Waals surface area contributed by atoms with Gasteiger partial charge in [-0.2, -0.15) is 0 Å². The van der Waals surface area contributed by atoms with Gasteiger partial charge in [0, 0.05) is 25.2 Å². The normalized spacial score (nSPS) is 23.0. The zero-order valence-electron chi connectivity index (χ0n) is 13.7. The van der Waals surface area contributed by atoms with Gasteiger partial charge >= 0.3 is 0 Å². The Kier molecular flexibility index (Phi) is 3.53. The number of nitrogens with zero attached hydrogens (tertiary/aromatic N) is 2. The molecule has 3 N–H and O–H groups in total. The van der Waals surface area contributed by atoms with E-state index in [-0.39, 0.29) is 35.8 Å². The predicted octanol–water partition coefficient (Wildman–Crippen LogP) is -0.991. The molecule has 0 bridgehead atoms. The van der Waals surface area contributed by atoms with Gasteiger partial charge in [-0.05, 0) is 24.6 Å². The molecule has 4 rings (SSSR count). The van der Waals surface area contributed by atoms with E-state index in [0.717, 1.165) is 4.90 Å².